The van der Waals surface area contributed by atoms with Gasteiger partial charge in [0.1, 0.15) is 0 Å². The molecule has 0 unspecified atom stereocenters. The maximum absolute atomic E-state index is 12.7. The number of hydrogen-bond acceptors (Lipinski definition) is 4. The Kier molecular flexibility index (Phi) is 8.58. The average Bonchev–Trinajstić information content (AvgIpc) is 3.64. The highest BCUT2D eigenvalue weighted by Crippen LogP contribution is 2.40. The molecule has 1 atom stereocenters. The van der Waals surface area contributed by atoms with E-state index in [1.165, 1.54) is 18.4 Å². The number of rotatable bonds is 10. The third-order valence-electron chi connectivity index (χ3n) is 5.89. The first-order chi connectivity index (χ1) is 15.9. The van der Waals surface area contributed by atoms with Gasteiger partial charge in [-0.15, -0.1) is 0 Å². The number of nitrogens with zero attached hydrogens (tertiary/aromatic N) is 2. The second kappa shape index (κ2) is 11.6. The Morgan fingerprint density at radius 3 is 2.70 bits per heavy atom. The van der Waals surface area contributed by atoms with Crippen LogP contribution in [0.2, 0.25) is 0 Å². The molecule has 1 amide bonds. The first-order valence-electron chi connectivity index (χ1n) is 11.8. The lowest BCUT2D eigenvalue weighted by molar-refractivity contribution is -0.113. The Labute approximate surface area is 201 Å². The van der Waals surface area contributed by atoms with Gasteiger partial charge in [0.05, 0.1) is 5.71 Å². The maximum atomic E-state index is 12.7. The summed E-state index contributed by atoms with van der Waals surface area (Å²) < 4.78 is 0. The van der Waals surface area contributed by atoms with Gasteiger partial charge in [-0.2, -0.15) is 0 Å². The van der Waals surface area contributed by atoms with Crippen molar-refractivity contribution in [2.45, 2.75) is 59.4 Å². The molecule has 1 aromatic carbocycles. The van der Waals surface area contributed by atoms with Gasteiger partial charge in [0.2, 0.25) is 0 Å². The maximum Gasteiger partial charge on any atom is 0.251 e. The summed E-state index contributed by atoms with van der Waals surface area (Å²) in [5.41, 5.74) is 6.84. The van der Waals surface area contributed by atoms with Gasteiger partial charge in [0.25, 0.3) is 5.91 Å². The Morgan fingerprint density at radius 1 is 1.27 bits per heavy atom. The van der Waals surface area contributed by atoms with Crippen molar-refractivity contribution in [3.05, 3.63) is 77.2 Å². The molecule has 1 aromatic rings. The molecule has 3 rings (SSSR count). The fraction of sp³-hybridized carbons (Fsp3) is 0.393. The minimum absolute atomic E-state index is 0. The molecule has 2 aliphatic carbocycles. The summed E-state index contributed by atoms with van der Waals surface area (Å²) in [6, 6.07) is 8.04. The van der Waals surface area contributed by atoms with Crippen molar-refractivity contribution in [1.29, 1.82) is 0 Å². The first-order valence-corrected chi connectivity index (χ1v) is 11.8. The molecule has 0 spiro atoms. The number of nitrogens with one attached hydrogen (secondary N) is 2. The van der Waals surface area contributed by atoms with Gasteiger partial charge in [-0.05, 0) is 82.6 Å². The standard InChI is InChI=1S/C28H36N4O.2H2/c1-6-29-18-27(19(2)3)30-17-20(4)31-21(5)25-8-7-9-26(16-25)32-28(33)24-14-12-23(13-15-24)22-10-11-22;;/h7-9,12,14,16-18,21-22,31H,2,6,10-11,13,15H2,1,3-5H3,(H,32,33);2*1H/b20-17+,29-18?,30-27?;;/t21-;;/m0../s1. The van der Waals surface area contributed by atoms with Crippen LogP contribution in [0.4, 0.5) is 5.69 Å². The van der Waals surface area contributed by atoms with E-state index in [4.69, 9.17) is 0 Å². The minimum atomic E-state index is -0.00894. The zero-order chi connectivity index (χ0) is 23.8. The zero-order valence-corrected chi connectivity index (χ0v) is 20.3. The Balaban J connectivity index is 0.00000306. The van der Waals surface area contributed by atoms with E-state index in [1.54, 1.807) is 12.4 Å². The molecule has 0 saturated heterocycles. The lowest BCUT2D eigenvalue weighted by Gasteiger charge is -2.18. The number of benzene rings is 1. The topological polar surface area (TPSA) is 65.8 Å². The molecule has 2 aliphatic rings. The fourth-order valence-electron chi connectivity index (χ4n) is 3.79. The third-order valence-corrected chi connectivity index (χ3v) is 5.89. The number of carbonyl (C=O) groups is 1. The largest absolute Gasteiger partial charge is 0.381 e. The van der Waals surface area contributed by atoms with E-state index in [-0.39, 0.29) is 14.8 Å². The van der Waals surface area contributed by atoms with E-state index >= 15 is 0 Å². The second-order valence-corrected chi connectivity index (χ2v) is 8.89. The molecule has 1 saturated carbocycles. The van der Waals surface area contributed by atoms with Gasteiger partial charge in [-0.1, -0.05) is 36.4 Å². The molecule has 5 nitrogen and oxygen atoms in total. The molecule has 0 bridgehead atoms. The van der Waals surface area contributed by atoms with Gasteiger partial charge < -0.3 is 10.6 Å². The summed E-state index contributed by atoms with van der Waals surface area (Å²) in [7, 11) is 0. The van der Waals surface area contributed by atoms with Crippen LogP contribution in [0.5, 0.6) is 0 Å². The van der Waals surface area contributed by atoms with Crippen LogP contribution in [-0.2, 0) is 4.79 Å². The summed E-state index contributed by atoms with van der Waals surface area (Å²) >= 11 is 0. The second-order valence-electron chi connectivity index (χ2n) is 8.89. The van der Waals surface area contributed by atoms with Crippen molar-refractivity contribution < 1.29 is 7.65 Å². The van der Waals surface area contributed by atoms with E-state index in [1.807, 2.05) is 45.0 Å². The van der Waals surface area contributed by atoms with Crippen LogP contribution in [0, 0.1) is 5.92 Å². The highest BCUT2D eigenvalue weighted by atomic mass is 16.1. The summed E-state index contributed by atoms with van der Waals surface area (Å²) in [6.07, 6.45) is 12.2. The highest BCUT2D eigenvalue weighted by molar-refractivity contribution is 6.37. The smallest absolute Gasteiger partial charge is 0.251 e. The molecule has 0 radical (unpaired) electrons. The predicted octanol–water partition coefficient (Wildman–Crippen LogP) is 6.79. The van der Waals surface area contributed by atoms with E-state index in [0.29, 0.717) is 6.54 Å². The van der Waals surface area contributed by atoms with Crippen LogP contribution in [0.3, 0.4) is 0 Å². The Bertz CT molecular complexity index is 1050. The van der Waals surface area contributed by atoms with E-state index < -0.39 is 0 Å². The molecule has 0 heterocycles. The van der Waals surface area contributed by atoms with E-state index in [0.717, 1.165) is 52.6 Å². The van der Waals surface area contributed by atoms with Crippen molar-refractivity contribution in [3.8, 4) is 0 Å². The number of carbonyl (C=O) groups excluding carboxylic acids is 1. The molecule has 5 heteroatoms. The third kappa shape index (κ3) is 7.41. The average molecular weight is 449 g/mol. The van der Waals surface area contributed by atoms with Crippen molar-refractivity contribution in [1.82, 2.24) is 5.32 Å². The van der Waals surface area contributed by atoms with E-state index in [2.05, 4.69) is 46.3 Å². The molecular formula is C28H40N4O. The van der Waals surface area contributed by atoms with Gasteiger partial charge in [0, 0.05) is 44.8 Å². The summed E-state index contributed by atoms with van der Waals surface area (Å²) in [4.78, 5) is 21.5. The first kappa shape index (κ1) is 24.4. The van der Waals surface area contributed by atoms with E-state index in [9.17, 15) is 4.79 Å². The lowest BCUT2D eigenvalue weighted by Crippen LogP contribution is -2.18. The minimum Gasteiger partial charge on any atom is -0.381 e. The molecule has 0 aromatic heterocycles. The Morgan fingerprint density at radius 2 is 2.06 bits per heavy atom. The summed E-state index contributed by atoms with van der Waals surface area (Å²) in [5, 5.41) is 6.53. The zero-order valence-electron chi connectivity index (χ0n) is 20.3. The molecule has 1 fully saturated rings. The SMILES string of the molecule is C=C(C)C(C=NCC)=N/C=C(\C)N[C@@H](C)c1cccc(NC(=O)C2=CC=C(C3CC3)CC2)c1.[HH].[HH]. The molecule has 178 valence electrons. The molecule has 33 heavy (non-hydrogen) atoms. The number of anilines is 1. The van der Waals surface area contributed by atoms with Crippen LogP contribution >= 0.6 is 0 Å². The molecular weight excluding hydrogens is 408 g/mol. The van der Waals surface area contributed by atoms with Gasteiger partial charge in [-0.25, -0.2) is 0 Å². The van der Waals surface area contributed by atoms with Gasteiger partial charge in [-0.3, -0.25) is 14.8 Å². The normalized spacial score (nSPS) is 17.9. The van der Waals surface area contributed by atoms with Crippen molar-refractivity contribution in [2.75, 3.05) is 11.9 Å². The van der Waals surface area contributed by atoms with Crippen molar-refractivity contribution in [3.63, 3.8) is 0 Å². The van der Waals surface area contributed by atoms with Crippen LogP contribution in [-0.4, -0.2) is 24.4 Å². The molecule has 2 N–H and O–H groups in total. The van der Waals surface area contributed by atoms with Crippen molar-refractivity contribution in [2.24, 2.45) is 15.9 Å². The highest BCUT2D eigenvalue weighted by Gasteiger charge is 2.27. The van der Waals surface area contributed by atoms with Crippen molar-refractivity contribution >= 4 is 23.5 Å². The van der Waals surface area contributed by atoms with Gasteiger partial charge >= 0.3 is 0 Å². The lowest BCUT2D eigenvalue weighted by atomic mass is 9.95. The van der Waals surface area contributed by atoms with Crippen LogP contribution < -0.4 is 10.6 Å². The van der Waals surface area contributed by atoms with Gasteiger partial charge in [0.15, 0.2) is 0 Å². The van der Waals surface area contributed by atoms with Crippen LogP contribution in [0.25, 0.3) is 0 Å². The monoisotopic (exact) mass is 448 g/mol. The molecule has 0 aliphatic heterocycles. The summed E-state index contributed by atoms with van der Waals surface area (Å²) in [6.45, 7) is 12.7. The summed E-state index contributed by atoms with van der Waals surface area (Å²) in [5.74, 6) is 0.766. The number of allylic oxidation sites excluding steroid dienone is 5. The number of aliphatic imine (C=N–C) groups is 2. The van der Waals surface area contributed by atoms with Crippen LogP contribution in [0.1, 0.15) is 67.8 Å². The number of amides is 1. The Hall–Kier alpha value is -3.21. The fourth-order valence-corrected chi connectivity index (χ4v) is 3.79. The quantitative estimate of drug-likeness (QED) is 0.387. The number of hydrogen-bond donors (Lipinski definition) is 2. The predicted molar refractivity (Wildman–Crippen MR) is 144 cm³/mol. The van der Waals surface area contributed by atoms with Crippen LogP contribution in [0.15, 0.2) is 81.6 Å².